The summed E-state index contributed by atoms with van der Waals surface area (Å²) in [5.74, 6) is 0.588. The Morgan fingerprint density at radius 1 is 1.09 bits per heavy atom. The maximum absolute atomic E-state index is 12.4. The van der Waals surface area contributed by atoms with Gasteiger partial charge in [0.15, 0.2) is 0 Å². The zero-order valence-electron chi connectivity index (χ0n) is 13.7. The molecular weight excluding hydrogens is 270 g/mol. The Balaban J connectivity index is 1.89. The van der Waals surface area contributed by atoms with Gasteiger partial charge in [-0.05, 0) is 48.4 Å². The van der Waals surface area contributed by atoms with E-state index in [0.717, 1.165) is 23.2 Å². The lowest BCUT2D eigenvalue weighted by Gasteiger charge is -2.12. The largest absolute Gasteiger partial charge is 0.325 e. The third kappa shape index (κ3) is 2.66. The molecule has 2 nitrogen and oxygen atoms in total. The molecule has 1 aliphatic heterocycles. The molecule has 0 bridgehead atoms. The van der Waals surface area contributed by atoms with Crippen LogP contribution in [0.1, 0.15) is 53.5 Å². The van der Waals surface area contributed by atoms with Gasteiger partial charge in [0.1, 0.15) is 0 Å². The fourth-order valence-electron chi connectivity index (χ4n) is 3.27. The van der Waals surface area contributed by atoms with E-state index in [4.69, 9.17) is 0 Å². The minimum absolute atomic E-state index is 0.0708. The summed E-state index contributed by atoms with van der Waals surface area (Å²) >= 11 is 0. The minimum Gasteiger partial charge on any atom is -0.325 e. The number of fused-ring (bicyclic) bond motifs is 1. The predicted molar refractivity (Wildman–Crippen MR) is 91.5 cm³/mol. The lowest BCUT2D eigenvalue weighted by atomic mass is 9.90. The lowest BCUT2D eigenvalue weighted by molar-refractivity contribution is -0.117. The Bertz CT molecular complexity index is 713. The summed E-state index contributed by atoms with van der Waals surface area (Å²) in [6, 6.07) is 12.9. The van der Waals surface area contributed by atoms with E-state index in [1.165, 1.54) is 16.7 Å². The number of carbonyl (C=O) groups excluding carboxylic acids is 1. The summed E-state index contributed by atoms with van der Waals surface area (Å²) < 4.78 is 0. The van der Waals surface area contributed by atoms with Crippen LogP contribution in [0.4, 0.5) is 5.69 Å². The van der Waals surface area contributed by atoms with Crippen molar-refractivity contribution in [3.63, 3.8) is 0 Å². The maximum Gasteiger partial charge on any atom is 0.232 e. The van der Waals surface area contributed by atoms with E-state index >= 15 is 0 Å². The smallest absolute Gasteiger partial charge is 0.232 e. The first kappa shape index (κ1) is 14.8. The molecule has 1 heterocycles. The van der Waals surface area contributed by atoms with E-state index in [-0.39, 0.29) is 11.8 Å². The Morgan fingerprint density at radius 2 is 1.77 bits per heavy atom. The van der Waals surface area contributed by atoms with Crippen LogP contribution in [0.25, 0.3) is 0 Å². The predicted octanol–water partition coefficient (Wildman–Crippen LogP) is 4.71. The van der Waals surface area contributed by atoms with Gasteiger partial charge in [-0.2, -0.15) is 0 Å². The van der Waals surface area contributed by atoms with Crippen molar-refractivity contribution in [2.45, 2.75) is 46.0 Å². The van der Waals surface area contributed by atoms with Crippen LogP contribution in [0.3, 0.4) is 0 Å². The molecule has 0 saturated heterocycles. The molecule has 1 amide bonds. The van der Waals surface area contributed by atoms with Gasteiger partial charge in [-0.3, -0.25) is 4.79 Å². The fraction of sp³-hybridized carbons (Fsp3) is 0.350. The van der Waals surface area contributed by atoms with E-state index < -0.39 is 0 Å². The Labute approximate surface area is 132 Å². The van der Waals surface area contributed by atoms with Crippen molar-refractivity contribution in [2.24, 2.45) is 0 Å². The van der Waals surface area contributed by atoms with E-state index in [9.17, 15) is 4.79 Å². The van der Waals surface area contributed by atoms with Crippen LogP contribution in [0.2, 0.25) is 0 Å². The van der Waals surface area contributed by atoms with Gasteiger partial charge >= 0.3 is 0 Å². The second-order valence-corrected chi connectivity index (χ2v) is 6.69. The van der Waals surface area contributed by atoms with Crippen LogP contribution < -0.4 is 5.32 Å². The number of anilines is 1. The van der Waals surface area contributed by atoms with Gasteiger partial charge in [0.2, 0.25) is 5.91 Å². The van der Waals surface area contributed by atoms with Crippen LogP contribution in [-0.2, 0) is 11.2 Å². The maximum atomic E-state index is 12.4. The summed E-state index contributed by atoms with van der Waals surface area (Å²) in [5, 5.41) is 3.05. The molecule has 114 valence electrons. The van der Waals surface area contributed by atoms with Gasteiger partial charge in [0.05, 0.1) is 5.92 Å². The molecule has 2 aromatic carbocycles. The summed E-state index contributed by atoms with van der Waals surface area (Å²) in [6.45, 7) is 8.54. The third-order valence-corrected chi connectivity index (χ3v) is 4.54. The number of amides is 1. The summed E-state index contributed by atoms with van der Waals surface area (Å²) in [4.78, 5) is 12.4. The summed E-state index contributed by atoms with van der Waals surface area (Å²) in [5.41, 5.74) is 7.09. The zero-order valence-corrected chi connectivity index (χ0v) is 13.7. The van der Waals surface area contributed by atoms with Gasteiger partial charge < -0.3 is 5.32 Å². The van der Waals surface area contributed by atoms with E-state index in [1.54, 1.807) is 0 Å². The normalized spacial score (nSPS) is 16.8. The quantitative estimate of drug-likeness (QED) is 0.872. The molecule has 0 radical (unpaired) electrons. The second kappa shape index (κ2) is 5.60. The van der Waals surface area contributed by atoms with Crippen molar-refractivity contribution in [2.75, 3.05) is 5.32 Å². The van der Waals surface area contributed by atoms with Gasteiger partial charge in [0, 0.05) is 5.69 Å². The van der Waals surface area contributed by atoms with Crippen LogP contribution in [-0.4, -0.2) is 5.91 Å². The molecule has 0 spiro atoms. The molecule has 1 atom stereocenters. The Kier molecular flexibility index (Phi) is 3.78. The molecule has 0 fully saturated rings. The highest BCUT2D eigenvalue weighted by molar-refractivity contribution is 6.04. The fourth-order valence-corrected chi connectivity index (χ4v) is 3.27. The highest BCUT2D eigenvalue weighted by Crippen LogP contribution is 2.37. The number of carbonyl (C=O) groups is 1. The topological polar surface area (TPSA) is 29.1 Å². The van der Waals surface area contributed by atoms with E-state index in [0.29, 0.717) is 5.92 Å². The number of aryl methyl sites for hydroxylation is 2. The number of benzene rings is 2. The summed E-state index contributed by atoms with van der Waals surface area (Å²) in [7, 11) is 0. The third-order valence-electron chi connectivity index (χ3n) is 4.54. The first-order valence-corrected chi connectivity index (χ1v) is 7.96. The number of rotatable bonds is 3. The molecule has 1 unspecified atom stereocenters. The van der Waals surface area contributed by atoms with Crippen molar-refractivity contribution < 1.29 is 4.79 Å². The second-order valence-electron chi connectivity index (χ2n) is 6.69. The molecule has 1 aliphatic rings. The first-order chi connectivity index (χ1) is 10.5. The zero-order chi connectivity index (χ0) is 15.9. The van der Waals surface area contributed by atoms with Crippen LogP contribution in [0.15, 0.2) is 36.4 Å². The molecule has 0 saturated carbocycles. The van der Waals surface area contributed by atoms with Crippen molar-refractivity contribution in [1.29, 1.82) is 0 Å². The van der Waals surface area contributed by atoms with Gasteiger partial charge in [0.25, 0.3) is 0 Å². The van der Waals surface area contributed by atoms with Gasteiger partial charge in [-0.1, -0.05) is 55.8 Å². The van der Waals surface area contributed by atoms with Crippen LogP contribution in [0, 0.1) is 13.8 Å². The molecule has 2 aromatic rings. The number of hydrogen-bond acceptors (Lipinski definition) is 1. The molecule has 1 N–H and O–H groups in total. The monoisotopic (exact) mass is 293 g/mol. The average Bonchev–Trinajstić information content (AvgIpc) is 2.77. The van der Waals surface area contributed by atoms with Crippen molar-refractivity contribution >= 4 is 11.6 Å². The molecule has 0 aromatic heterocycles. The highest BCUT2D eigenvalue weighted by atomic mass is 16.2. The molecule has 3 rings (SSSR count). The molecule has 0 aliphatic carbocycles. The minimum atomic E-state index is -0.0708. The summed E-state index contributed by atoms with van der Waals surface area (Å²) in [6.07, 6.45) is 0.764. The van der Waals surface area contributed by atoms with E-state index in [1.807, 2.05) is 0 Å². The molecular formula is C20H23NO. The highest BCUT2D eigenvalue weighted by Gasteiger charge is 2.31. The van der Waals surface area contributed by atoms with Crippen molar-refractivity contribution in [3.05, 3.63) is 64.2 Å². The number of nitrogens with one attached hydrogen (secondary N) is 1. The van der Waals surface area contributed by atoms with Gasteiger partial charge in [-0.25, -0.2) is 0 Å². The standard InChI is InChI=1S/C20H23NO/c1-12(2)16-7-5-15(6-8-16)11-18-17-10-13(3)9-14(4)19(17)21-20(18)22/h5-10,12,18H,11H2,1-4H3,(H,21,22). The lowest BCUT2D eigenvalue weighted by Crippen LogP contribution is -2.14. The Hall–Kier alpha value is -2.09. The van der Waals surface area contributed by atoms with Crippen LogP contribution >= 0.6 is 0 Å². The molecule has 2 heteroatoms. The average molecular weight is 293 g/mol. The van der Waals surface area contributed by atoms with Gasteiger partial charge in [-0.15, -0.1) is 0 Å². The molecule has 22 heavy (non-hydrogen) atoms. The van der Waals surface area contributed by atoms with Crippen molar-refractivity contribution in [1.82, 2.24) is 0 Å². The first-order valence-electron chi connectivity index (χ1n) is 7.96. The Morgan fingerprint density at radius 3 is 2.41 bits per heavy atom. The van der Waals surface area contributed by atoms with E-state index in [2.05, 4.69) is 69.4 Å². The number of hydrogen-bond donors (Lipinski definition) is 1. The van der Waals surface area contributed by atoms with Crippen LogP contribution in [0.5, 0.6) is 0 Å². The SMILES string of the molecule is Cc1cc(C)c2c(c1)C(Cc1ccc(C(C)C)cc1)C(=O)N2. The van der Waals surface area contributed by atoms with Crippen molar-refractivity contribution in [3.8, 4) is 0 Å².